The van der Waals surface area contributed by atoms with Crippen LogP contribution in [-0.2, 0) is 17.0 Å². The summed E-state index contributed by atoms with van der Waals surface area (Å²) in [4.78, 5) is 13.2. The van der Waals surface area contributed by atoms with Gasteiger partial charge in [0.25, 0.3) is 5.91 Å². The number of hydrogen-bond acceptors (Lipinski definition) is 4. The van der Waals surface area contributed by atoms with Crippen molar-refractivity contribution in [3.8, 4) is 0 Å². The third-order valence-corrected chi connectivity index (χ3v) is 8.23. The molecular formula is C26H21N3O4. The maximum Gasteiger partial charge on any atom is 0.252 e. The molecule has 33 heavy (non-hydrogen) atoms. The van der Waals surface area contributed by atoms with Gasteiger partial charge in [-0.05, 0) is 24.6 Å². The number of rotatable bonds is 1. The molecule has 3 aromatic carbocycles. The van der Waals surface area contributed by atoms with Gasteiger partial charge in [-0.1, -0.05) is 36.4 Å². The molecule has 2 bridgehead atoms. The van der Waals surface area contributed by atoms with Crippen LogP contribution in [0.3, 0.4) is 0 Å². The zero-order chi connectivity index (χ0) is 22.3. The Kier molecular flexibility index (Phi) is 2.95. The molecule has 3 aliphatic heterocycles. The minimum absolute atomic E-state index is 0.0555. The van der Waals surface area contributed by atoms with Crippen molar-refractivity contribution < 1.29 is 19.7 Å². The molecule has 8 rings (SSSR count). The van der Waals surface area contributed by atoms with Gasteiger partial charge >= 0.3 is 0 Å². The van der Waals surface area contributed by atoms with Crippen molar-refractivity contribution in [3.05, 3.63) is 59.7 Å². The fourth-order valence-corrected chi connectivity index (χ4v) is 6.73. The van der Waals surface area contributed by atoms with E-state index >= 15 is 0 Å². The van der Waals surface area contributed by atoms with Crippen molar-refractivity contribution in [2.45, 2.75) is 37.4 Å². The second-order valence-corrected chi connectivity index (χ2v) is 9.67. The first-order chi connectivity index (χ1) is 16.0. The van der Waals surface area contributed by atoms with E-state index in [9.17, 15) is 15.0 Å². The van der Waals surface area contributed by atoms with Gasteiger partial charge in [0.1, 0.15) is 11.8 Å². The molecule has 3 N–H and O–H groups in total. The Bertz CT molecular complexity index is 1730. The van der Waals surface area contributed by atoms with Crippen molar-refractivity contribution in [1.29, 1.82) is 0 Å². The number of carbonyl (C=O) groups is 1. The van der Waals surface area contributed by atoms with E-state index in [4.69, 9.17) is 4.74 Å². The average molecular weight is 439 g/mol. The van der Waals surface area contributed by atoms with Gasteiger partial charge < -0.3 is 29.4 Å². The quantitative estimate of drug-likeness (QED) is 0.373. The molecule has 0 radical (unpaired) electrons. The van der Waals surface area contributed by atoms with E-state index < -0.39 is 24.2 Å². The number of ether oxygens (including phenoxy) is 1. The molecule has 5 heterocycles. The van der Waals surface area contributed by atoms with Gasteiger partial charge in [-0.15, -0.1) is 0 Å². The summed E-state index contributed by atoms with van der Waals surface area (Å²) < 4.78 is 10.9. The lowest BCUT2D eigenvalue weighted by atomic mass is 9.89. The summed E-state index contributed by atoms with van der Waals surface area (Å²) in [5.74, 6) is -0.0555. The summed E-state index contributed by atoms with van der Waals surface area (Å²) in [5.41, 5.74) is 2.80. The number of aromatic nitrogens is 2. The lowest BCUT2D eigenvalue weighted by Crippen LogP contribution is -2.53. The lowest BCUT2D eigenvalue weighted by Gasteiger charge is -2.38. The Morgan fingerprint density at radius 1 is 1.06 bits per heavy atom. The highest BCUT2D eigenvalue weighted by molar-refractivity contribution is 6.31. The molecule has 1 unspecified atom stereocenters. The van der Waals surface area contributed by atoms with Crippen molar-refractivity contribution >= 4 is 49.5 Å². The van der Waals surface area contributed by atoms with Crippen molar-refractivity contribution in [2.75, 3.05) is 6.61 Å². The van der Waals surface area contributed by atoms with Crippen LogP contribution in [0.25, 0.3) is 43.6 Å². The molecule has 2 aromatic heterocycles. The topological polar surface area (TPSA) is 88.7 Å². The molecule has 7 heteroatoms. The van der Waals surface area contributed by atoms with Crippen LogP contribution in [0.15, 0.2) is 48.5 Å². The molecule has 1 amide bonds. The predicted molar refractivity (Wildman–Crippen MR) is 124 cm³/mol. The van der Waals surface area contributed by atoms with Crippen LogP contribution < -0.4 is 5.32 Å². The number of para-hydroxylation sites is 2. The lowest BCUT2D eigenvalue weighted by molar-refractivity contribution is -0.189. The first-order valence-corrected chi connectivity index (χ1v) is 11.3. The van der Waals surface area contributed by atoms with Gasteiger partial charge in [-0.25, -0.2) is 0 Å². The standard InChI is InChI=1S/C26H21N3O4/c1-25-26(32,12-30)10-18(33-25)28-16-8-4-2-6-13(16)20-21-15(11-27-24(21)31)19-14-7-3-5-9-17(14)29(25)23(19)22(20)28/h2-9,18,30,32H,10-12H2,1H3,(H,27,31)/t18?,25-,26+/m0/s1. The van der Waals surface area contributed by atoms with Crippen molar-refractivity contribution in [2.24, 2.45) is 0 Å². The number of benzene rings is 3. The monoisotopic (exact) mass is 439 g/mol. The van der Waals surface area contributed by atoms with E-state index in [-0.39, 0.29) is 12.3 Å². The summed E-state index contributed by atoms with van der Waals surface area (Å²) in [6, 6.07) is 16.1. The van der Waals surface area contributed by atoms with Gasteiger partial charge in [-0.3, -0.25) is 4.79 Å². The van der Waals surface area contributed by atoms with Crippen molar-refractivity contribution in [3.63, 3.8) is 0 Å². The number of nitrogens with zero attached hydrogens (tertiary/aromatic N) is 2. The van der Waals surface area contributed by atoms with Crippen LogP contribution in [0.4, 0.5) is 0 Å². The van der Waals surface area contributed by atoms with Crippen LogP contribution >= 0.6 is 0 Å². The minimum Gasteiger partial charge on any atom is -0.393 e. The summed E-state index contributed by atoms with van der Waals surface area (Å²) in [6.07, 6.45) is -0.247. The van der Waals surface area contributed by atoms with E-state index in [2.05, 4.69) is 20.5 Å². The number of amides is 1. The Hall–Kier alpha value is -3.39. The Morgan fingerprint density at radius 3 is 2.52 bits per heavy atom. The fraction of sp³-hybridized carbons (Fsp3) is 0.269. The number of carbonyl (C=O) groups excluding carboxylic acids is 1. The van der Waals surface area contributed by atoms with Crippen LogP contribution in [0.5, 0.6) is 0 Å². The summed E-state index contributed by atoms with van der Waals surface area (Å²) in [7, 11) is 0. The van der Waals surface area contributed by atoms with Gasteiger partial charge in [0.2, 0.25) is 0 Å². The molecule has 1 fully saturated rings. The number of hydrogen-bond donors (Lipinski definition) is 3. The van der Waals surface area contributed by atoms with E-state index in [1.54, 1.807) is 0 Å². The predicted octanol–water partition coefficient (Wildman–Crippen LogP) is 3.47. The average Bonchev–Trinajstić information content (AvgIpc) is 3.51. The van der Waals surface area contributed by atoms with Gasteiger partial charge in [0, 0.05) is 34.5 Å². The van der Waals surface area contributed by atoms with E-state index in [0.29, 0.717) is 6.54 Å². The highest BCUT2D eigenvalue weighted by Gasteiger charge is 2.60. The molecule has 0 saturated carbocycles. The number of nitrogens with one attached hydrogen (secondary N) is 1. The second kappa shape index (κ2) is 5.39. The van der Waals surface area contributed by atoms with Crippen LogP contribution in [0.1, 0.15) is 35.5 Å². The normalized spacial score (nSPS) is 27.8. The fourth-order valence-electron chi connectivity index (χ4n) is 6.73. The van der Waals surface area contributed by atoms with E-state index in [1.807, 2.05) is 49.4 Å². The molecule has 1 saturated heterocycles. The van der Waals surface area contributed by atoms with Crippen LogP contribution in [0.2, 0.25) is 0 Å². The van der Waals surface area contributed by atoms with Crippen LogP contribution in [0, 0.1) is 0 Å². The minimum atomic E-state index is -1.48. The van der Waals surface area contributed by atoms with Gasteiger partial charge in [0.15, 0.2) is 5.72 Å². The molecule has 164 valence electrons. The number of aliphatic hydroxyl groups excluding tert-OH is 1. The highest BCUT2D eigenvalue weighted by atomic mass is 16.6. The molecule has 7 nitrogen and oxygen atoms in total. The molecular weight excluding hydrogens is 418 g/mol. The van der Waals surface area contributed by atoms with Gasteiger partial charge in [0.05, 0.1) is 34.2 Å². The number of fused-ring (bicyclic) bond motifs is 13. The first-order valence-electron chi connectivity index (χ1n) is 11.3. The van der Waals surface area contributed by atoms with Gasteiger partial charge in [-0.2, -0.15) is 0 Å². The molecule has 3 atom stereocenters. The Labute approximate surface area is 187 Å². The largest absolute Gasteiger partial charge is 0.393 e. The summed E-state index contributed by atoms with van der Waals surface area (Å²) in [5, 5.41) is 29.1. The molecule has 0 aliphatic carbocycles. The SMILES string of the molecule is C[C@]12OC(C[C@@]1(O)CO)n1c3ccccc3c3c4c(c5c6ccccc6n2c5c31)CNC4=O. The first kappa shape index (κ1) is 18.1. The van der Waals surface area contributed by atoms with Crippen molar-refractivity contribution in [1.82, 2.24) is 14.5 Å². The van der Waals surface area contributed by atoms with E-state index in [1.165, 1.54) is 0 Å². The van der Waals surface area contributed by atoms with E-state index in [0.717, 1.165) is 54.7 Å². The zero-order valence-electron chi connectivity index (χ0n) is 17.9. The van der Waals surface area contributed by atoms with Crippen LogP contribution in [-0.4, -0.2) is 37.5 Å². The summed E-state index contributed by atoms with van der Waals surface area (Å²) >= 11 is 0. The highest BCUT2D eigenvalue weighted by Crippen LogP contribution is 2.57. The summed E-state index contributed by atoms with van der Waals surface area (Å²) in [6.45, 7) is 1.91. The smallest absolute Gasteiger partial charge is 0.252 e. The maximum atomic E-state index is 13.2. The molecule has 0 spiro atoms. The second-order valence-electron chi connectivity index (χ2n) is 9.67. The Morgan fingerprint density at radius 2 is 1.76 bits per heavy atom. The maximum absolute atomic E-state index is 13.2. The third kappa shape index (κ3) is 1.75. The Balaban J connectivity index is 1.78. The third-order valence-electron chi connectivity index (χ3n) is 8.23. The molecule has 3 aliphatic rings. The zero-order valence-corrected chi connectivity index (χ0v) is 17.9. The number of aliphatic hydroxyl groups is 2. The molecule has 5 aromatic rings.